The van der Waals surface area contributed by atoms with Crippen molar-refractivity contribution < 1.29 is 9.90 Å². The molecule has 102 valence electrons. The topological polar surface area (TPSA) is 61.7 Å². The summed E-state index contributed by atoms with van der Waals surface area (Å²) in [4.78, 5) is 11.8. The van der Waals surface area contributed by atoms with Crippen LogP contribution in [0.5, 0.6) is 5.75 Å². The largest absolute Gasteiger partial charge is 0.507 e. The Morgan fingerprint density at radius 1 is 1.15 bits per heavy atom. The van der Waals surface area contributed by atoms with Crippen molar-refractivity contribution in [3.05, 3.63) is 63.6 Å². The number of carbonyl (C=O) groups is 1. The van der Waals surface area contributed by atoms with Crippen LogP contribution in [0.25, 0.3) is 0 Å². The Kier molecular flexibility index (Phi) is 4.61. The summed E-state index contributed by atoms with van der Waals surface area (Å²) in [5.74, 6) is -0.375. The molecule has 0 fully saturated rings. The summed E-state index contributed by atoms with van der Waals surface area (Å²) in [7, 11) is 0. The number of phenols is 1. The van der Waals surface area contributed by atoms with Crippen LogP contribution >= 0.6 is 23.2 Å². The molecule has 2 aromatic carbocycles. The molecule has 2 rings (SSSR count). The maximum atomic E-state index is 11.8. The van der Waals surface area contributed by atoms with Gasteiger partial charge in [0.15, 0.2) is 0 Å². The molecule has 2 aromatic rings. The van der Waals surface area contributed by atoms with Gasteiger partial charge in [0.05, 0.1) is 6.21 Å². The minimum Gasteiger partial charge on any atom is -0.507 e. The first-order valence-corrected chi connectivity index (χ1v) is 6.39. The summed E-state index contributed by atoms with van der Waals surface area (Å²) in [6.07, 6.45) is 1.31. The van der Waals surface area contributed by atoms with E-state index in [0.29, 0.717) is 21.2 Å². The fourth-order valence-corrected chi connectivity index (χ4v) is 1.85. The number of rotatable bonds is 3. The molecule has 0 saturated heterocycles. The average Bonchev–Trinajstić information content (AvgIpc) is 2.42. The molecule has 0 bridgehead atoms. The lowest BCUT2D eigenvalue weighted by Crippen LogP contribution is -2.17. The van der Waals surface area contributed by atoms with Gasteiger partial charge in [-0.15, -0.1) is 0 Å². The number of benzene rings is 2. The number of halogens is 2. The highest BCUT2D eigenvalue weighted by molar-refractivity contribution is 6.31. The van der Waals surface area contributed by atoms with Gasteiger partial charge in [-0.2, -0.15) is 5.10 Å². The second-order valence-corrected chi connectivity index (χ2v) is 4.79. The smallest absolute Gasteiger partial charge is 0.271 e. The second kappa shape index (κ2) is 6.41. The molecule has 0 radical (unpaired) electrons. The summed E-state index contributed by atoms with van der Waals surface area (Å²) in [5.41, 5.74) is 3.14. The Morgan fingerprint density at radius 3 is 2.65 bits per heavy atom. The van der Waals surface area contributed by atoms with E-state index in [1.807, 2.05) is 0 Å². The fourth-order valence-electron chi connectivity index (χ4n) is 1.48. The number of amides is 1. The molecule has 2 N–H and O–H groups in total. The van der Waals surface area contributed by atoms with Crippen molar-refractivity contribution in [1.29, 1.82) is 0 Å². The van der Waals surface area contributed by atoms with Gasteiger partial charge in [0, 0.05) is 21.2 Å². The molecule has 0 saturated carbocycles. The van der Waals surface area contributed by atoms with Crippen LogP contribution in [0.3, 0.4) is 0 Å². The summed E-state index contributed by atoms with van der Waals surface area (Å²) in [5, 5.41) is 14.3. The molecule has 20 heavy (non-hydrogen) atoms. The number of hydrogen-bond donors (Lipinski definition) is 2. The Bertz CT molecular complexity index is 672. The number of hydrogen-bond acceptors (Lipinski definition) is 3. The molecule has 0 heterocycles. The van der Waals surface area contributed by atoms with Crippen molar-refractivity contribution in [1.82, 2.24) is 5.43 Å². The zero-order chi connectivity index (χ0) is 14.5. The maximum Gasteiger partial charge on any atom is 0.271 e. The Balaban J connectivity index is 2.06. The van der Waals surface area contributed by atoms with Crippen LogP contribution in [0.2, 0.25) is 10.0 Å². The summed E-state index contributed by atoms with van der Waals surface area (Å²) >= 11 is 11.6. The first kappa shape index (κ1) is 14.4. The van der Waals surface area contributed by atoms with E-state index in [-0.39, 0.29) is 5.75 Å². The van der Waals surface area contributed by atoms with Gasteiger partial charge in [-0.3, -0.25) is 4.79 Å². The lowest BCUT2D eigenvalue weighted by Gasteiger charge is -2.01. The molecule has 1 amide bonds. The lowest BCUT2D eigenvalue weighted by atomic mass is 10.2. The van der Waals surface area contributed by atoms with E-state index in [0.717, 1.165) is 0 Å². The molecular formula is C14H10Cl2N2O2. The summed E-state index contributed by atoms with van der Waals surface area (Å²) < 4.78 is 0. The number of hydrazone groups is 1. The van der Waals surface area contributed by atoms with Crippen LogP contribution in [0, 0.1) is 0 Å². The van der Waals surface area contributed by atoms with E-state index in [4.69, 9.17) is 23.2 Å². The van der Waals surface area contributed by atoms with Crippen LogP contribution < -0.4 is 5.43 Å². The minimum absolute atomic E-state index is 0.0233. The van der Waals surface area contributed by atoms with Gasteiger partial charge in [-0.25, -0.2) is 5.43 Å². The predicted molar refractivity (Wildman–Crippen MR) is 79.6 cm³/mol. The zero-order valence-electron chi connectivity index (χ0n) is 10.2. The van der Waals surface area contributed by atoms with Crippen LogP contribution in [0.4, 0.5) is 0 Å². The van der Waals surface area contributed by atoms with Crippen molar-refractivity contribution >= 4 is 35.3 Å². The molecule has 0 aliphatic rings. The van der Waals surface area contributed by atoms with Gasteiger partial charge in [0.25, 0.3) is 5.91 Å². The van der Waals surface area contributed by atoms with Crippen molar-refractivity contribution in [2.45, 2.75) is 0 Å². The van der Waals surface area contributed by atoms with Gasteiger partial charge in [0.2, 0.25) is 0 Å². The number of nitrogens with one attached hydrogen (secondary N) is 1. The van der Waals surface area contributed by atoms with Gasteiger partial charge >= 0.3 is 0 Å². The molecular weight excluding hydrogens is 299 g/mol. The van der Waals surface area contributed by atoms with Crippen molar-refractivity contribution in [3.63, 3.8) is 0 Å². The number of carbonyl (C=O) groups excluding carboxylic acids is 1. The number of phenolic OH excluding ortho intramolecular Hbond substituents is 1. The van der Waals surface area contributed by atoms with Crippen LogP contribution in [-0.2, 0) is 0 Å². The predicted octanol–water partition coefficient (Wildman–Crippen LogP) is 3.46. The monoisotopic (exact) mass is 308 g/mol. The quantitative estimate of drug-likeness (QED) is 0.674. The SMILES string of the molecule is O=C(N/N=C\c1cc(Cl)ccc1O)c1cccc(Cl)c1. The van der Waals surface area contributed by atoms with E-state index < -0.39 is 5.91 Å². The van der Waals surface area contributed by atoms with E-state index in [2.05, 4.69) is 10.5 Å². The molecule has 0 spiro atoms. The van der Waals surface area contributed by atoms with Crippen LogP contribution in [-0.4, -0.2) is 17.2 Å². The molecule has 4 nitrogen and oxygen atoms in total. The zero-order valence-corrected chi connectivity index (χ0v) is 11.7. The molecule has 0 atom stereocenters. The van der Waals surface area contributed by atoms with Crippen LogP contribution in [0.15, 0.2) is 47.6 Å². The molecule has 0 aliphatic heterocycles. The minimum atomic E-state index is -0.398. The Labute approximate surface area is 125 Å². The highest BCUT2D eigenvalue weighted by Crippen LogP contribution is 2.19. The first-order chi connectivity index (χ1) is 9.56. The lowest BCUT2D eigenvalue weighted by molar-refractivity contribution is 0.0955. The fraction of sp³-hybridized carbons (Fsp3) is 0. The van der Waals surface area contributed by atoms with Gasteiger partial charge < -0.3 is 5.11 Å². The number of aromatic hydroxyl groups is 1. The third kappa shape index (κ3) is 3.73. The first-order valence-electron chi connectivity index (χ1n) is 5.64. The number of nitrogens with zero attached hydrogens (tertiary/aromatic N) is 1. The maximum absolute atomic E-state index is 11.8. The highest BCUT2D eigenvalue weighted by Gasteiger charge is 2.04. The molecule has 0 aliphatic carbocycles. The summed E-state index contributed by atoms with van der Waals surface area (Å²) in [6, 6.07) is 11.0. The molecule has 0 unspecified atom stereocenters. The standard InChI is InChI=1S/C14H10Cl2N2O2/c15-11-3-1-2-9(6-11)14(20)18-17-8-10-7-12(16)4-5-13(10)19/h1-8,19H,(H,18,20)/b17-8-. The third-order valence-corrected chi connectivity index (χ3v) is 2.92. The van der Waals surface area contributed by atoms with Gasteiger partial charge in [0.1, 0.15) is 5.75 Å². The van der Waals surface area contributed by atoms with Crippen molar-refractivity contribution in [2.24, 2.45) is 5.10 Å². The van der Waals surface area contributed by atoms with Crippen LogP contribution in [0.1, 0.15) is 15.9 Å². The van der Waals surface area contributed by atoms with Gasteiger partial charge in [-0.1, -0.05) is 29.3 Å². The van der Waals surface area contributed by atoms with E-state index in [1.165, 1.54) is 24.4 Å². The average molecular weight is 309 g/mol. The second-order valence-electron chi connectivity index (χ2n) is 3.91. The van der Waals surface area contributed by atoms with Gasteiger partial charge in [-0.05, 0) is 36.4 Å². The molecule has 0 aromatic heterocycles. The van der Waals surface area contributed by atoms with Crippen molar-refractivity contribution in [2.75, 3.05) is 0 Å². The third-order valence-electron chi connectivity index (χ3n) is 2.45. The van der Waals surface area contributed by atoms with E-state index in [9.17, 15) is 9.90 Å². The van der Waals surface area contributed by atoms with E-state index in [1.54, 1.807) is 24.3 Å². The van der Waals surface area contributed by atoms with E-state index >= 15 is 0 Å². The Morgan fingerprint density at radius 2 is 1.90 bits per heavy atom. The highest BCUT2D eigenvalue weighted by atomic mass is 35.5. The normalized spacial score (nSPS) is 10.7. The Hall–Kier alpha value is -2.04. The van der Waals surface area contributed by atoms with Crippen molar-refractivity contribution in [3.8, 4) is 5.75 Å². The molecule has 6 heteroatoms. The summed E-state index contributed by atoms with van der Waals surface area (Å²) in [6.45, 7) is 0.